The minimum absolute atomic E-state index is 0.0309. The number of nitrogens with one attached hydrogen (secondary N) is 2. The van der Waals surface area contributed by atoms with Gasteiger partial charge in [-0.1, -0.05) is 0 Å². The van der Waals surface area contributed by atoms with Gasteiger partial charge in [-0.05, 0) is 43.7 Å². The number of amides is 1. The zero-order valence-electron chi connectivity index (χ0n) is 15.2. The highest BCUT2D eigenvalue weighted by Gasteiger charge is 2.34. The molecule has 7 heteroatoms. The molecule has 2 aromatic rings. The summed E-state index contributed by atoms with van der Waals surface area (Å²) < 4.78 is 5.56. The normalized spacial score (nSPS) is 22.6. The van der Waals surface area contributed by atoms with Gasteiger partial charge < -0.3 is 19.9 Å². The maximum atomic E-state index is 12.6. The van der Waals surface area contributed by atoms with E-state index in [2.05, 4.69) is 25.2 Å². The van der Waals surface area contributed by atoms with Gasteiger partial charge in [-0.25, -0.2) is 9.97 Å². The average molecular weight is 355 g/mol. The number of carbonyl (C=O) groups is 1. The Labute approximate surface area is 153 Å². The van der Waals surface area contributed by atoms with E-state index in [0.717, 1.165) is 30.0 Å². The van der Waals surface area contributed by atoms with Crippen LogP contribution >= 0.6 is 0 Å². The summed E-state index contributed by atoms with van der Waals surface area (Å²) in [5.41, 5.74) is 2.78. The fourth-order valence-corrected chi connectivity index (χ4v) is 3.73. The topological polar surface area (TPSA) is 83.1 Å². The maximum absolute atomic E-state index is 12.6. The Kier molecular flexibility index (Phi) is 4.63. The Morgan fingerprint density at radius 1 is 1.42 bits per heavy atom. The SMILES string of the molecule is CO[C@H]1C[C@@H](CNC(=O)c2[nH]ccc2C2CC2)N(c2cc(C)ncn2)C1. The lowest BCUT2D eigenvalue weighted by Crippen LogP contribution is -2.41. The summed E-state index contributed by atoms with van der Waals surface area (Å²) in [5.74, 6) is 1.40. The molecule has 2 atom stereocenters. The van der Waals surface area contributed by atoms with Crippen LogP contribution in [0.15, 0.2) is 24.7 Å². The number of aromatic nitrogens is 3. The minimum Gasteiger partial charge on any atom is -0.380 e. The molecule has 1 saturated heterocycles. The first-order valence-corrected chi connectivity index (χ1v) is 9.19. The van der Waals surface area contributed by atoms with Crippen LogP contribution in [-0.2, 0) is 4.74 Å². The molecule has 7 nitrogen and oxygen atoms in total. The summed E-state index contributed by atoms with van der Waals surface area (Å²) >= 11 is 0. The summed E-state index contributed by atoms with van der Waals surface area (Å²) in [5, 5.41) is 3.10. The van der Waals surface area contributed by atoms with Gasteiger partial charge in [-0.2, -0.15) is 0 Å². The largest absolute Gasteiger partial charge is 0.380 e. The van der Waals surface area contributed by atoms with Gasteiger partial charge in [-0.3, -0.25) is 4.79 Å². The van der Waals surface area contributed by atoms with Crippen LogP contribution in [0, 0.1) is 6.92 Å². The van der Waals surface area contributed by atoms with Gasteiger partial charge in [0.1, 0.15) is 17.8 Å². The maximum Gasteiger partial charge on any atom is 0.268 e. The lowest BCUT2D eigenvalue weighted by molar-refractivity contribution is 0.0941. The number of aromatic amines is 1. The predicted molar refractivity (Wildman–Crippen MR) is 98.4 cm³/mol. The van der Waals surface area contributed by atoms with Crippen molar-refractivity contribution in [3.8, 4) is 0 Å². The minimum atomic E-state index is -0.0309. The third-order valence-electron chi connectivity index (χ3n) is 5.31. The van der Waals surface area contributed by atoms with Crippen molar-refractivity contribution < 1.29 is 9.53 Å². The zero-order chi connectivity index (χ0) is 18.1. The number of anilines is 1. The Hall–Kier alpha value is -2.41. The van der Waals surface area contributed by atoms with Crippen molar-refractivity contribution in [2.45, 2.75) is 44.2 Å². The van der Waals surface area contributed by atoms with Crippen LogP contribution in [0.1, 0.15) is 46.9 Å². The molecule has 0 bridgehead atoms. The molecule has 1 aliphatic heterocycles. The van der Waals surface area contributed by atoms with E-state index in [-0.39, 0.29) is 18.1 Å². The predicted octanol–water partition coefficient (Wildman–Crippen LogP) is 2.01. The lowest BCUT2D eigenvalue weighted by Gasteiger charge is -2.25. The van der Waals surface area contributed by atoms with Crippen molar-refractivity contribution in [3.05, 3.63) is 41.6 Å². The van der Waals surface area contributed by atoms with E-state index in [4.69, 9.17) is 4.74 Å². The van der Waals surface area contributed by atoms with Gasteiger partial charge in [0.15, 0.2) is 0 Å². The lowest BCUT2D eigenvalue weighted by atomic mass is 10.1. The van der Waals surface area contributed by atoms with E-state index >= 15 is 0 Å². The Morgan fingerprint density at radius 2 is 2.27 bits per heavy atom. The summed E-state index contributed by atoms with van der Waals surface area (Å²) in [6.07, 6.45) is 6.80. The quantitative estimate of drug-likeness (QED) is 0.828. The molecule has 138 valence electrons. The third-order valence-corrected chi connectivity index (χ3v) is 5.31. The molecule has 0 radical (unpaired) electrons. The summed E-state index contributed by atoms with van der Waals surface area (Å²) in [4.78, 5) is 26.5. The van der Waals surface area contributed by atoms with Crippen LogP contribution in [0.5, 0.6) is 0 Å². The van der Waals surface area contributed by atoms with E-state index in [1.54, 1.807) is 13.4 Å². The first-order valence-electron chi connectivity index (χ1n) is 9.19. The molecule has 2 fully saturated rings. The number of rotatable bonds is 6. The molecule has 0 unspecified atom stereocenters. The molecule has 3 heterocycles. The van der Waals surface area contributed by atoms with Crippen molar-refractivity contribution in [3.63, 3.8) is 0 Å². The van der Waals surface area contributed by atoms with Gasteiger partial charge in [0.05, 0.1) is 12.1 Å². The van der Waals surface area contributed by atoms with Crippen LogP contribution in [0.3, 0.4) is 0 Å². The average Bonchev–Trinajstić information content (AvgIpc) is 3.21. The van der Waals surface area contributed by atoms with Crippen molar-refractivity contribution in [2.75, 3.05) is 25.1 Å². The monoisotopic (exact) mass is 355 g/mol. The molecular formula is C19H25N5O2. The number of methoxy groups -OCH3 is 1. The van der Waals surface area contributed by atoms with Crippen molar-refractivity contribution >= 4 is 11.7 Å². The molecule has 1 amide bonds. The smallest absolute Gasteiger partial charge is 0.268 e. The van der Waals surface area contributed by atoms with Crippen LogP contribution in [0.4, 0.5) is 5.82 Å². The van der Waals surface area contributed by atoms with Crippen LogP contribution in [-0.4, -0.2) is 53.2 Å². The first kappa shape index (κ1) is 17.0. The van der Waals surface area contributed by atoms with E-state index in [0.29, 0.717) is 18.2 Å². The summed E-state index contributed by atoms with van der Waals surface area (Å²) in [6.45, 7) is 3.28. The molecule has 2 aromatic heterocycles. The Morgan fingerprint density at radius 3 is 3.00 bits per heavy atom. The number of nitrogens with zero attached hydrogens (tertiary/aromatic N) is 3. The van der Waals surface area contributed by atoms with Gasteiger partial charge in [0.25, 0.3) is 5.91 Å². The second-order valence-electron chi connectivity index (χ2n) is 7.21. The van der Waals surface area contributed by atoms with E-state index in [1.165, 1.54) is 12.8 Å². The highest BCUT2D eigenvalue weighted by Crippen LogP contribution is 2.41. The highest BCUT2D eigenvalue weighted by molar-refractivity contribution is 5.94. The number of carbonyl (C=O) groups excluding carboxylic acids is 1. The Bertz CT molecular complexity index is 786. The zero-order valence-corrected chi connectivity index (χ0v) is 15.2. The fraction of sp³-hybridized carbons (Fsp3) is 0.526. The van der Waals surface area contributed by atoms with Crippen molar-refractivity contribution in [2.24, 2.45) is 0 Å². The second kappa shape index (κ2) is 7.07. The molecule has 26 heavy (non-hydrogen) atoms. The van der Waals surface area contributed by atoms with E-state index in [9.17, 15) is 4.79 Å². The summed E-state index contributed by atoms with van der Waals surface area (Å²) in [7, 11) is 1.73. The standard InChI is InChI=1S/C19H25N5O2/c1-12-7-17(23-11-22-12)24-10-15(26-2)8-14(24)9-21-19(25)18-16(5-6-20-18)13-3-4-13/h5-7,11,13-15,20H,3-4,8-10H2,1-2H3,(H,21,25)/t14-,15-/m0/s1. The van der Waals surface area contributed by atoms with Crippen LogP contribution in [0.25, 0.3) is 0 Å². The van der Waals surface area contributed by atoms with Crippen molar-refractivity contribution in [1.29, 1.82) is 0 Å². The molecule has 0 aromatic carbocycles. The first-order chi connectivity index (χ1) is 12.7. The highest BCUT2D eigenvalue weighted by atomic mass is 16.5. The number of H-pyrrole nitrogens is 1. The number of hydrogen-bond donors (Lipinski definition) is 2. The van der Waals surface area contributed by atoms with Gasteiger partial charge in [-0.15, -0.1) is 0 Å². The molecule has 2 aliphatic rings. The molecule has 2 N–H and O–H groups in total. The fourth-order valence-electron chi connectivity index (χ4n) is 3.73. The van der Waals surface area contributed by atoms with Crippen LogP contribution < -0.4 is 10.2 Å². The molecule has 4 rings (SSSR count). The van der Waals surface area contributed by atoms with E-state index in [1.807, 2.05) is 25.3 Å². The molecule has 1 saturated carbocycles. The van der Waals surface area contributed by atoms with Gasteiger partial charge >= 0.3 is 0 Å². The Balaban J connectivity index is 1.45. The molecule has 0 spiro atoms. The molecular weight excluding hydrogens is 330 g/mol. The van der Waals surface area contributed by atoms with Crippen molar-refractivity contribution in [1.82, 2.24) is 20.3 Å². The number of hydrogen-bond acceptors (Lipinski definition) is 5. The van der Waals surface area contributed by atoms with E-state index < -0.39 is 0 Å². The van der Waals surface area contributed by atoms with Gasteiger partial charge in [0.2, 0.25) is 0 Å². The second-order valence-corrected chi connectivity index (χ2v) is 7.21. The van der Waals surface area contributed by atoms with Gasteiger partial charge in [0, 0.05) is 38.2 Å². The van der Waals surface area contributed by atoms with Crippen LogP contribution in [0.2, 0.25) is 0 Å². The summed E-state index contributed by atoms with van der Waals surface area (Å²) in [6, 6.07) is 4.15. The number of aryl methyl sites for hydroxylation is 1. The third kappa shape index (κ3) is 3.44. The molecule has 1 aliphatic carbocycles. The number of ether oxygens (including phenoxy) is 1.